The van der Waals surface area contributed by atoms with E-state index in [1.807, 2.05) is 24.3 Å². The molecule has 0 aromatic heterocycles. The fourth-order valence-electron chi connectivity index (χ4n) is 2.06. The predicted molar refractivity (Wildman–Crippen MR) is 84.2 cm³/mol. The smallest absolute Gasteiger partial charge is 0.160 e. The van der Waals surface area contributed by atoms with Crippen LogP contribution in [0.3, 0.4) is 0 Å². The second-order valence-electron chi connectivity index (χ2n) is 6.02. The van der Waals surface area contributed by atoms with Crippen LogP contribution in [-0.4, -0.2) is 0 Å². The Bertz CT molecular complexity index is 643. The lowest BCUT2D eigenvalue weighted by molar-refractivity contribution is 0.507. The molecule has 0 aliphatic heterocycles. The van der Waals surface area contributed by atoms with E-state index >= 15 is 0 Å². The molecule has 112 valence electrons. The lowest BCUT2D eigenvalue weighted by Gasteiger charge is -2.20. The Labute approximate surface area is 133 Å². The number of hydrogen-bond donors (Lipinski definition) is 0. The minimum Gasteiger partial charge on any atom is -0.204 e. The van der Waals surface area contributed by atoms with E-state index in [1.165, 1.54) is 5.56 Å². The first kappa shape index (κ1) is 16.3. The zero-order valence-corrected chi connectivity index (χ0v) is 13.6. The molecule has 0 spiro atoms. The highest BCUT2D eigenvalue weighted by molar-refractivity contribution is 6.33. The van der Waals surface area contributed by atoms with Gasteiger partial charge in [-0.15, -0.1) is 11.6 Å². The van der Waals surface area contributed by atoms with Gasteiger partial charge < -0.3 is 0 Å². The van der Waals surface area contributed by atoms with Crippen LogP contribution in [0.15, 0.2) is 36.4 Å². The van der Waals surface area contributed by atoms with Crippen LogP contribution in [0.2, 0.25) is 5.02 Å². The largest absolute Gasteiger partial charge is 0.204 e. The van der Waals surface area contributed by atoms with E-state index in [-0.39, 0.29) is 10.4 Å². The molecular formula is C17H16Cl2F2. The van der Waals surface area contributed by atoms with Gasteiger partial charge >= 0.3 is 0 Å². The maximum absolute atomic E-state index is 13.4. The van der Waals surface area contributed by atoms with Crippen LogP contribution in [0.4, 0.5) is 8.78 Å². The highest BCUT2D eigenvalue weighted by Gasteiger charge is 2.19. The molecule has 0 heterocycles. The Balaban J connectivity index is 2.36. The van der Waals surface area contributed by atoms with Gasteiger partial charge in [-0.05, 0) is 34.2 Å². The molecule has 1 atom stereocenters. The summed E-state index contributed by atoms with van der Waals surface area (Å²) in [6, 6.07) is 9.74. The van der Waals surface area contributed by atoms with Crippen molar-refractivity contribution < 1.29 is 8.78 Å². The lowest BCUT2D eigenvalue weighted by atomic mass is 9.86. The lowest BCUT2D eigenvalue weighted by Crippen LogP contribution is -2.10. The van der Waals surface area contributed by atoms with Crippen LogP contribution in [0.5, 0.6) is 0 Å². The molecule has 4 heteroatoms. The van der Waals surface area contributed by atoms with Crippen molar-refractivity contribution in [1.82, 2.24) is 0 Å². The summed E-state index contributed by atoms with van der Waals surface area (Å²) in [6.07, 6.45) is 0. The standard InChI is InChI=1S/C17H16Cl2F2/c1-17(2,3)11-6-4-10(5-7-11)16(19)12-8-14(20)15(21)9-13(12)18/h4-9,16H,1-3H3. The van der Waals surface area contributed by atoms with Gasteiger partial charge in [-0.25, -0.2) is 8.78 Å². The molecule has 0 aliphatic carbocycles. The van der Waals surface area contributed by atoms with Crippen LogP contribution in [0, 0.1) is 11.6 Å². The maximum Gasteiger partial charge on any atom is 0.160 e. The van der Waals surface area contributed by atoms with Crippen molar-refractivity contribution in [3.05, 3.63) is 69.7 Å². The summed E-state index contributed by atoms with van der Waals surface area (Å²) in [4.78, 5) is 0. The molecule has 0 bridgehead atoms. The van der Waals surface area contributed by atoms with Crippen LogP contribution in [0.25, 0.3) is 0 Å². The van der Waals surface area contributed by atoms with Gasteiger partial charge in [-0.1, -0.05) is 56.6 Å². The Morgan fingerprint density at radius 2 is 1.48 bits per heavy atom. The molecule has 0 aliphatic rings. The van der Waals surface area contributed by atoms with Gasteiger partial charge in [0, 0.05) is 5.02 Å². The Kier molecular flexibility index (Phi) is 4.60. The van der Waals surface area contributed by atoms with Gasteiger partial charge in [0.05, 0.1) is 5.38 Å². The molecule has 0 saturated heterocycles. The third kappa shape index (κ3) is 3.56. The van der Waals surface area contributed by atoms with Gasteiger partial charge in [0.15, 0.2) is 11.6 Å². The number of hydrogen-bond acceptors (Lipinski definition) is 0. The van der Waals surface area contributed by atoms with E-state index in [9.17, 15) is 8.78 Å². The molecule has 0 radical (unpaired) electrons. The van der Waals surface area contributed by atoms with Gasteiger partial charge in [0.1, 0.15) is 0 Å². The highest BCUT2D eigenvalue weighted by atomic mass is 35.5. The molecule has 2 aromatic rings. The molecule has 0 amide bonds. The van der Waals surface area contributed by atoms with Crippen LogP contribution >= 0.6 is 23.2 Å². The van der Waals surface area contributed by atoms with Crippen molar-refractivity contribution in [2.45, 2.75) is 31.6 Å². The zero-order chi connectivity index (χ0) is 15.8. The molecule has 0 saturated carbocycles. The summed E-state index contributed by atoms with van der Waals surface area (Å²) < 4.78 is 26.5. The van der Waals surface area contributed by atoms with Crippen LogP contribution in [-0.2, 0) is 5.41 Å². The van der Waals surface area contributed by atoms with E-state index in [1.54, 1.807) is 0 Å². The molecule has 2 aromatic carbocycles. The third-order valence-electron chi connectivity index (χ3n) is 3.38. The SMILES string of the molecule is CC(C)(C)c1ccc(C(Cl)c2cc(F)c(F)cc2Cl)cc1. The highest BCUT2D eigenvalue weighted by Crippen LogP contribution is 2.35. The van der Waals surface area contributed by atoms with Gasteiger partial charge in [-0.2, -0.15) is 0 Å². The monoisotopic (exact) mass is 328 g/mol. The summed E-state index contributed by atoms with van der Waals surface area (Å²) in [5.74, 6) is -1.93. The van der Waals surface area contributed by atoms with Gasteiger partial charge in [0.25, 0.3) is 0 Å². The van der Waals surface area contributed by atoms with Crippen molar-refractivity contribution in [1.29, 1.82) is 0 Å². The maximum atomic E-state index is 13.4. The predicted octanol–water partition coefficient (Wildman–Crippen LogP) is 6.24. The summed E-state index contributed by atoms with van der Waals surface area (Å²) >= 11 is 12.3. The van der Waals surface area contributed by atoms with E-state index in [0.717, 1.165) is 17.7 Å². The molecule has 0 fully saturated rings. The molecule has 0 nitrogen and oxygen atoms in total. The minimum atomic E-state index is -0.976. The third-order valence-corrected chi connectivity index (χ3v) is 4.20. The Morgan fingerprint density at radius 1 is 0.952 bits per heavy atom. The van der Waals surface area contributed by atoms with E-state index in [0.29, 0.717) is 5.56 Å². The van der Waals surface area contributed by atoms with Crippen molar-refractivity contribution in [2.24, 2.45) is 0 Å². The Hall–Kier alpha value is -1.12. The minimum absolute atomic E-state index is 0.0416. The number of alkyl halides is 1. The zero-order valence-electron chi connectivity index (χ0n) is 12.1. The second-order valence-corrected chi connectivity index (χ2v) is 6.87. The van der Waals surface area contributed by atoms with E-state index < -0.39 is 17.0 Å². The van der Waals surface area contributed by atoms with E-state index in [4.69, 9.17) is 23.2 Å². The average molecular weight is 329 g/mol. The summed E-state index contributed by atoms with van der Waals surface area (Å²) in [6.45, 7) is 6.35. The van der Waals surface area contributed by atoms with Crippen LogP contribution < -0.4 is 0 Å². The average Bonchev–Trinajstić information content (AvgIpc) is 2.41. The Morgan fingerprint density at radius 3 is 2.00 bits per heavy atom. The van der Waals surface area contributed by atoms with E-state index in [2.05, 4.69) is 20.8 Å². The molecule has 0 N–H and O–H groups in total. The quantitative estimate of drug-likeness (QED) is 0.452. The van der Waals surface area contributed by atoms with Gasteiger partial charge in [0.2, 0.25) is 0 Å². The topological polar surface area (TPSA) is 0 Å². The summed E-state index contributed by atoms with van der Waals surface area (Å²) in [7, 11) is 0. The van der Waals surface area contributed by atoms with Crippen molar-refractivity contribution >= 4 is 23.2 Å². The summed E-state index contributed by atoms with van der Waals surface area (Å²) in [5.41, 5.74) is 2.37. The second kappa shape index (κ2) is 5.94. The molecular weight excluding hydrogens is 313 g/mol. The molecule has 2 rings (SSSR count). The first-order valence-corrected chi connectivity index (χ1v) is 7.40. The van der Waals surface area contributed by atoms with Gasteiger partial charge in [-0.3, -0.25) is 0 Å². The molecule has 1 unspecified atom stereocenters. The fourth-order valence-corrected chi connectivity index (χ4v) is 2.71. The van der Waals surface area contributed by atoms with Crippen LogP contribution in [0.1, 0.15) is 42.8 Å². The van der Waals surface area contributed by atoms with Crippen molar-refractivity contribution in [3.63, 3.8) is 0 Å². The first-order chi connectivity index (χ1) is 9.70. The first-order valence-electron chi connectivity index (χ1n) is 6.59. The van der Waals surface area contributed by atoms with Crippen molar-refractivity contribution in [3.8, 4) is 0 Å². The summed E-state index contributed by atoms with van der Waals surface area (Å²) in [5, 5.41) is -0.504. The van der Waals surface area contributed by atoms with Crippen molar-refractivity contribution in [2.75, 3.05) is 0 Å². The number of halogens is 4. The normalized spacial score (nSPS) is 13.3. The number of benzene rings is 2. The molecule has 21 heavy (non-hydrogen) atoms. The fraction of sp³-hybridized carbons (Fsp3) is 0.294. The number of rotatable bonds is 2.